The number of rotatable bonds is 3. The average molecular weight is 311 g/mol. The molecule has 0 atom stereocenters. The van der Waals surface area contributed by atoms with Gasteiger partial charge in [-0.2, -0.15) is 9.97 Å². The van der Waals surface area contributed by atoms with Gasteiger partial charge in [0.2, 0.25) is 5.95 Å². The van der Waals surface area contributed by atoms with Crippen LogP contribution < -0.4 is 5.73 Å². The zero-order valence-electron chi connectivity index (χ0n) is 9.22. The van der Waals surface area contributed by atoms with E-state index in [1.807, 2.05) is 31.2 Å². The molecule has 0 fully saturated rings. The summed E-state index contributed by atoms with van der Waals surface area (Å²) in [5.74, 6) is 2.31. The van der Waals surface area contributed by atoms with Crippen LogP contribution in [0.5, 0.6) is 0 Å². The Morgan fingerprint density at radius 3 is 2.71 bits per heavy atom. The number of halogens is 1. The van der Waals surface area contributed by atoms with E-state index >= 15 is 0 Å². The minimum atomic E-state index is 0.278. The maximum absolute atomic E-state index is 5.58. The molecule has 88 valence electrons. The third-order valence-electron chi connectivity index (χ3n) is 2.00. The highest BCUT2D eigenvalue weighted by Gasteiger charge is 2.04. The molecular formula is C11H11BrN4S. The number of aryl methyl sites for hydroxylation is 1. The highest BCUT2D eigenvalue weighted by Crippen LogP contribution is 2.28. The average Bonchev–Trinajstić information content (AvgIpc) is 2.27. The molecule has 0 unspecified atom stereocenters. The monoisotopic (exact) mass is 310 g/mol. The second-order valence-electron chi connectivity index (χ2n) is 3.38. The lowest BCUT2D eigenvalue weighted by atomic mass is 10.4. The van der Waals surface area contributed by atoms with Gasteiger partial charge in [-0.3, -0.25) is 0 Å². The van der Waals surface area contributed by atoms with Crippen molar-refractivity contribution in [1.82, 2.24) is 15.0 Å². The van der Waals surface area contributed by atoms with Crippen molar-refractivity contribution in [1.29, 1.82) is 0 Å². The number of nitrogen functional groups attached to an aromatic ring is 1. The number of hydrogen-bond acceptors (Lipinski definition) is 5. The Balaban J connectivity index is 2.10. The summed E-state index contributed by atoms with van der Waals surface area (Å²) in [6.45, 7) is 1.81. The summed E-state index contributed by atoms with van der Waals surface area (Å²) in [6.07, 6.45) is 0. The fourth-order valence-electron chi connectivity index (χ4n) is 1.33. The van der Waals surface area contributed by atoms with Gasteiger partial charge >= 0.3 is 0 Å². The molecule has 0 amide bonds. The Morgan fingerprint density at radius 2 is 2.00 bits per heavy atom. The fraction of sp³-hybridized carbons (Fsp3) is 0.182. The molecule has 0 aliphatic rings. The van der Waals surface area contributed by atoms with E-state index in [0.29, 0.717) is 17.4 Å². The molecule has 0 saturated carbocycles. The number of nitrogens with two attached hydrogens (primary N) is 1. The normalized spacial score (nSPS) is 10.5. The first kappa shape index (κ1) is 12.3. The van der Waals surface area contributed by atoms with Gasteiger partial charge in [0.25, 0.3) is 0 Å². The van der Waals surface area contributed by atoms with Crippen LogP contribution in [0.1, 0.15) is 11.6 Å². The minimum absolute atomic E-state index is 0.278. The number of nitrogens with zero attached hydrogens (tertiary/aromatic N) is 3. The van der Waals surface area contributed by atoms with E-state index in [1.54, 1.807) is 11.8 Å². The van der Waals surface area contributed by atoms with Crippen molar-refractivity contribution < 1.29 is 0 Å². The molecule has 0 saturated heterocycles. The molecule has 0 spiro atoms. The molecule has 4 nitrogen and oxygen atoms in total. The molecule has 0 aliphatic heterocycles. The zero-order valence-corrected chi connectivity index (χ0v) is 11.6. The van der Waals surface area contributed by atoms with Crippen molar-refractivity contribution in [3.63, 3.8) is 0 Å². The molecule has 0 radical (unpaired) electrons. The Morgan fingerprint density at radius 1 is 1.24 bits per heavy atom. The molecule has 0 aliphatic carbocycles. The summed E-state index contributed by atoms with van der Waals surface area (Å²) >= 11 is 5.16. The van der Waals surface area contributed by atoms with Crippen LogP contribution in [0.2, 0.25) is 0 Å². The topological polar surface area (TPSA) is 64.7 Å². The van der Waals surface area contributed by atoms with Crippen LogP contribution in [-0.4, -0.2) is 15.0 Å². The lowest BCUT2D eigenvalue weighted by molar-refractivity contribution is 0.923. The fourth-order valence-corrected chi connectivity index (χ4v) is 2.75. The Hall–Kier alpha value is -1.14. The summed E-state index contributed by atoms with van der Waals surface area (Å²) < 4.78 is 1.07. The van der Waals surface area contributed by atoms with Gasteiger partial charge in [-0.15, -0.1) is 11.8 Å². The van der Waals surface area contributed by atoms with E-state index in [-0.39, 0.29) is 5.95 Å². The maximum Gasteiger partial charge on any atom is 0.223 e. The van der Waals surface area contributed by atoms with E-state index in [9.17, 15) is 0 Å². The van der Waals surface area contributed by atoms with Crippen molar-refractivity contribution in [3.05, 3.63) is 40.4 Å². The number of hydrogen-bond donors (Lipinski definition) is 1. The van der Waals surface area contributed by atoms with E-state index in [0.717, 1.165) is 9.37 Å². The first-order valence-electron chi connectivity index (χ1n) is 4.99. The van der Waals surface area contributed by atoms with Crippen molar-refractivity contribution >= 4 is 33.6 Å². The van der Waals surface area contributed by atoms with E-state index in [2.05, 4.69) is 30.9 Å². The number of aromatic nitrogens is 3. The van der Waals surface area contributed by atoms with Crippen LogP contribution in [0.4, 0.5) is 5.95 Å². The Labute approximate surface area is 112 Å². The molecule has 1 aromatic heterocycles. The largest absolute Gasteiger partial charge is 0.368 e. The van der Waals surface area contributed by atoms with Gasteiger partial charge in [0.1, 0.15) is 11.6 Å². The number of anilines is 1. The predicted octanol–water partition coefficient (Wildman–Crippen LogP) is 2.82. The lowest BCUT2D eigenvalue weighted by Gasteiger charge is -2.04. The van der Waals surface area contributed by atoms with Gasteiger partial charge in [-0.25, -0.2) is 4.98 Å². The molecule has 17 heavy (non-hydrogen) atoms. The SMILES string of the molecule is Cc1nc(N)nc(CSc2ccccc2Br)n1. The highest BCUT2D eigenvalue weighted by atomic mass is 79.9. The van der Waals surface area contributed by atoms with Gasteiger partial charge in [0.05, 0.1) is 5.75 Å². The third-order valence-corrected chi connectivity index (χ3v) is 4.03. The quantitative estimate of drug-likeness (QED) is 0.883. The smallest absolute Gasteiger partial charge is 0.223 e. The molecule has 2 aromatic rings. The molecule has 0 bridgehead atoms. The van der Waals surface area contributed by atoms with E-state index in [1.165, 1.54) is 0 Å². The Bertz CT molecular complexity index is 512. The molecule has 1 aromatic carbocycles. The van der Waals surface area contributed by atoms with Gasteiger partial charge in [0.15, 0.2) is 0 Å². The van der Waals surface area contributed by atoms with Crippen LogP contribution in [0.15, 0.2) is 33.6 Å². The standard InChI is InChI=1S/C11H11BrN4S/c1-7-14-10(16-11(13)15-7)6-17-9-5-3-2-4-8(9)12/h2-5H,6H2,1H3,(H2,13,14,15,16). The number of benzene rings is 1. The van der Waals surface area contributed by atoms with Crippen molar-refractivity contribution in [2.75, 3.05) is 5.73 Å². The van der Waals surface area contributed by atoms with Crippen LogP contribution in [0.3, 0.4) is 0 Å². The van der Waals surface area contributed by atoms with E-state index < -0.39 is 0 Å². The van der Waals surface area contributed by atoms with Gasteiger partial charge in [-0.1, -0.05) is 12.1 Å². The van der Waals surface area contributed by atoms with Crippen molar-refractivity contribution in [2.45, 2.75) is 17.6 Å². The summed E-state index contributed by atoms with van der Waals surface area (Å²) in [4.78, 5) is 13.4. The van der Waals surface area contributed by atoms with E-state index in [4.69, 9.17) is 5.73 Å². The molecule has 1 heterocycles. The maximum atomic E-state index is 5.58. The van der Waals surface area contributed by atoms with Crippen LogP contribution in [-0.2, 0) is 5.75 Å². The molecule has 6 heteroatoms. The summed E-state index contributed by atoms with van der Waals surface area (Å²) in [5, 5.41) is 0. The predicted molar refractivity (Wildman–Crippen MR) is 72.7 cm³/mol. The summed E-state index contributed by atoms with van der Waals surface area (Å²) in [5.41, 5.74) is 5.58. The van der Waals surface area contributed by atoms with Gasteiger partial charge in [-0.05, 0) is 35.0 Å². The minimum Gasteiger partial charge on any atom is -0.368 e. The van der Waals surface area contributed by atoms with Gasteiger partial charge in [0, 0.05) is 9.37 Å². The second kappa shape index (κ2) is 5.46. The van der Waals surface area contributed by atoms with Gasteiger partial charge < -0.3 is 5.73 Å². The molecular weight excluding hydrogens is 300 g/mol. The molecule has 2 rings (SSSR count). The highest BCUT2D eigenvalue weighted by molar-refractivity contribution is 9.10. The van der Waals surface area contributed by atoms with Crippen LogP contribution in [0.25, 0.3) is 0 Å². The summed E-state index contributed by atoms with van der Waals surface area (Å²) in [7, 11) is 0. The number of thioether (sulfide) groups is 1. The lowest BCUT2D eigenvalue weighted by Crippen LogP contribution is -2.03. The first-order chi connectivity index (χ1) is 8.15. The third kappa shape index (κ3) is 3.41. The zero-order chi connectivity index (χ0) is 12.3. The Kier molecular flexibility index (Phi) is 3.96. The first-order valence-corrected chi connectivity index (χ1v) is 6.77. The van der Waals surface area contributed by atoms with Crippen molar-refractivity contribution in [2.24, 2.45) is 0 Å². The van der Waals surface area contributed by atoms with Crippen LogP contribution >= 0.6 is 27.7 Å². The van der Waals surface area contributed by atoms with Crippen molar-refractivity contribution in [3.8, 4) is 0 Å². The molecule has 2 N–H and O–H groups in total. The second-order valence-corrected chi connectivity index (χ2v) is 5.25. The van der Waals surface area contributed by atoms with Crippen LogP contribution in [0, 0.1) is 6.92 Å². The summed E-state index contributed by atoms with van der Waals surface area (Å²) in [6, 6.07) is 8.04.